The molecule has 0 unspecified atom stereocenters. The molecule has 6 nitrogen and oxygen atoms in total. The Morgan fingerprint density at radius 3 is 2.33 bits per heavy atom. The van der Waals surface area contributed by atoms with Gasteiger partial charge in [-0.25, -0.2) is 18.4 Å². The van der Waals surface area contributed by atoms with Crippen molar-refractivity contribution in [1.29, 1.82) is 0 Å². The maximum Gasteiger partial charge on any atom is 0.207 e. The van der Waals surface area contributed by atoms with Crippen LogP contribution in [-0.4, -0.2) is 30.5 Å². The Morgan fingerprint density at radius 1 is 0.939 bits per heavy atom. The van der Waals surface area contributed by atoms with Crippen molar-refractivity contribution in [3.05, 3.63) is 89.5 Å². The molecular formula is C25H18BrN3O3S. The lowest BCUT2D eigenvalue weighted by molar-refractivity contribution is 0.413. The number of ether oxygens (including phenoxy) is 1. The van der Waals surface area contributed by atoms with Crippen LogP contribution in [0, 0.1) is 0 Å². The number of sulfone groups is 1. The quantitative estimate of drug-likeness (QED) is 0.312. The summed E-state index contributed by atoms with van der Waals surface area (Å²) in [5, 5.41) is 0.498. The third-order valence-corrected chi connectivity index (χ3v) is 7.88. The molecule has 1 N–H and O–H groups in total. The molecule has 0 radical (unpaired) electrons. The van der Waals surface area contributed by atoms with Crippen molar-refractivity contribution in [2.75, 3.05) is 7.11 Å². The monoisotopic (exact) mass is 519 g/mol. The second kappa shape index (κ2) is 8.46. The summed E-state index contributed by atoms with van der Waals surface area (Å²) in [5.41, 5.74) is 2.47. The van der Waals surface area contributed by atoms with Crippen molar-refractivity contribution < 1.29 is 13.2 Å². The van der Waals surface area contributed by atoms with Gasteiger partial charge in [-0.1, -0.05) is 48.5 Å². The van der Waals surface area contributed by atoms with E-state index >= 15 is 0 Å². The fourth-order valence-electron chi connectivity index (χ4n) is 3.65. The lowest BCUT2D eigenvalue weighted by Crippen LogP contribution is -2.05. The smallest absolute Gasteiger partial charge is 0.207 e. The average Bonchev–Trinajstić information content (AvgIpc) is 3.35. The first kappa shape index (κ1) is 21.4. The summed E-state index contributed by atoms with van der Waals surface area (Å²) in [4.78, 5) is 12.9. The van der Waals surface area contributed by atoms with Gasteiger partial charge in [-0.15, -0.1) is 0 Å². The van der Waals surface area contributed by atoms with Crippen LogP contribution < -0.4 is 4.74 Å². The number of rotatable bonds is 5. The number of benzene rings is 3. The van der Waals surface area contributed by atoms with Gasteiger partial charge in [0, 0.05) is 10.9 Å². The van der Waals surface area contributed by atoms with Gasteiger partial charge in [0.15, 0.2) is 0 Å². The van der Waals surface area contributed by atoms with Gasteiger partial charge in [0.25, 0.3) is 0 Å². The lowest BCUT2D eigenvalue weighted by Gasteiger charge is -2.13. The molecule has 0 fully saturated rings. The number of nitrogens with one attached hydrogen (secondary N) is 1. The minimum absolute atomic E-state index is 0.160. The Bertz CT molecular complexity index is 1570. The highest BCUT2D eigenvalue weighted by atomic mass is 79.9. The summed E-state index contributed by atoms with van der Waals surface area (Å²) >= 11 is 3.54. The van der Waals surface area contributed by atoms with Gasteiger partial charge in [-0.2, -0.15) is 0 Å². The minimum atomic E-state index is -3.81. The molecule has 0 aliphatic carbocycles. The van der Waals surface area contributed by atoms with Crippen LogP contribution in [0.1, 0.15) is 0 Å². The highest BCUT2D eigenvalue weighted by Gasteiger charge is 2.24. The maximum absolute atomic E-state index is 13.6. The highest BCUT2D eigenvalue weighted by Crippen LogP contribution is 2.38. The van der Waals surface area contributed by atoms with Crippen LogP contribution in [0.15, 0.2) is 99.3 Å². The molecule has 0 saturated heterocycles. The van der Waals surface area contributed by atoms with E-state index in [4.69, 9.17) is 9.72 Å². The number of aromatic amines is 1. The molecule has 2 heterocycles. The van der Waals surface area contributed by atoms with Crippen LogP contribution >= 0.6 is 15.9 Å². The standard InChI is InChI=1S/C25H18BrN3O3S/c1-32-21-13-12-18-22(33(30,31)17-10-6-3-7-11-17)14-19(28-24(18)23(21)26)20-15-27-25(29-20)16-8-4-2-5-9-16/h2-15H,1H3,(H,27,29). The Balaban J connectivity index is 1.76. The topological polar surface area (TPSA) is 84.9 Å². The van der Waals surface area contributed by atoms with Crippen molar-refractivity contribution in [3.63, 3.8) is 0 Å². The van der Waals surface area contributed by atoms with Gasteiger partial charge >= 0.3 is 0 Å². The fraction of sp³-hybridized carbons (Fsp3) is 0.0400. The van der Waals surface area contributed by atoms with E-state index in [2.05, 4.69) is 25.9 Å². The normalized spacial score (nSPS) is 11.6. The molecule has 5 rings (SSSR count). The third kappa shape index (κ3) is 3.81. The molecule has 0 atom stereocenters. The number of H-pyrrole nitrogens is 1. The molecule has 2 aromatic heterocycles. The van der Waals surface area contributed by atoms with Crippen LogP contribution in [0.5, 0.6) is 5.75 Å². The Hall–Kier alpha value is -3.49. The van der Waals surface area contributed by atoms with Crippen LogP contribution in [0.2, 0.25) is 0 Å². The second-order valence-electron chi connectivity index (χ2n) is 7.31. The molecule has 5 aromatic rings. The zero-order valence-corrected chi connectivity index (χ0v) is 19.9. The summed E-state index contributed by atoms with van der Waals surface area (Å²) in [6, 6.07) is 23.1. The van der Waals surface area contributed by atoms with E-state index in [0.29, 0.717) is 38.3 Å². The first-order chi connectivity index (χ1) is 16.0. The molecule has 0 amide bonds. The Kier molecular flexibility index (Phi) is 5.47. The van der Waals surface area contributed by atoms with Crippen molar-refractivity contribution in [2.45, 2.75) is 9.79 Å². The number of aromatic nitrogens is 3. The predicted octanol–water partition coefficient (Wildman–Crippen LogP) is 5.90. The summed E-state index contributed by atoms with van der Waals surface area (Å²) in [6.45, 7) is 0. The minimum Gasteiger partial charge on any atom is -0.495 e. The number of halogens is 1. The summed E-state index contributed by atoms with van der Waals surface area (Å²) in [7, 11) is -2.26. The molecule has 0 saturated carbocycles. The molecule has 0 aliphatic heterocycles. The van der Waals surface area contributed by atoms with Gasteiger partial charge in [-0.05, 0) is 46.3 Å². The number of imidazole rings is 1. The third-order valence-electron chi connectivity index (χ3n) is 5.31. The number of hydrogen-bond donors (Lipinski definition) is 1. The van der Waals surface area contributed by atoms with Crippen LogP contribution in [0.4, 0.5) is 0 Å². The average molecular weight is 520 g/mol. The van der Waals surface area contributed by atoms with E-state index in [1.807, 2.05) is 30.3 Å². The molecule has 3 aromatic carbocycles. The van der Waals surface area contributed by atoms with Gasteiger partial charge in [0.1, 0.15) is 11.6 Å². The number of hydrogen-bond acceptors (Lipinski definition) is 5. The van der Waals surface area contributed by atoms with E-state index in [0.717, 1.165) is 5.56 Å². The van der Waals surface area contributed by atoms with Crippen LogP contribution in [0.3, 0.4) is 0 Å². The van der Waals surface area contributed by atoms with E-state index in [9.17, 15) is 8.42 Å². The zero-order chi connectivity index (χ0) is 23.0. The van der Waals surface area contributed by atoms with Gasteiger partial charge in [0.2, 0.25) is 9.84 Å². The van der Waals surface area contributed by atoms with E-state index < -0.39 is 9.84 Å². The second-order valence-corrected chi connectivity index (χ2v) is 10.0. The predicted molar refractivity (Wildman–Crippen MR) is 131 cm³/mol. The van der Waals surface area contributed by atoms with Gasteiger partial charge in [0.05, 0.1) is 44.5 Å². The van der Waals surface area contributed by atoms with Crippen molar-refractivity contribution in [1.82, 2.24) is 15.0 Å². The zero-order valence-electron chi connectivity index (χ0n) is 17.5. The number of pyridine rings is 1. The highest BCUT2D eigenvalue weighted by molar-refractivity contribution is 9.10. The number of fused-ring (bicyclic) bond motifs is 1. The summed E-state index contributed by atoms with van der Waals surface area (Å²) < 4.78 is 33.2. The lowest BCUT2D eigenvalue weighted by atomic mass is 10.1. The van der Waals surface area contributed by atoms with E-state index in [1.54, 1.807) is 61.8 Å². The fourth-order valence-corrected chi connectivity index (χ4v) is 5.73. The largest absolute Gasteiger partial charge is 0.495 e. The Morgan fingerprint density at radius 2 is 1.64 bits per heavy atom. The SMILES string of the molecule is COc1ccc2c(S(=O)(=O)c3ccccc3)cc(-c3cnc(-c4ccccc4)[nH]3)nc2c1Br. The van der Waals surface area contributed by atoms with Gasteiger partial charge < -0.3 is 9.72 Å². The summed E-state index contributed by atoms with van der Waals surface area (Å²) in [5.74, 6) is 1.23. The van der Waals surface area contributed by atoms with E-state index in [-0.39, 0.29) is 9.79 Å². The number of methoxy groups -OCH3 is 1. The first-order valence-electron chi connectivity index (χ1n) is 10.1. The maximum atomic E-state index is 13.6. The Labute approximate surface area is 199 Å². The van der Waals surface area contributed by atoms with E-state index in [1.165, 1.54) is 0 Å². The molecule has 0 spiro atoms. The van der Waals surface area contributed by atoms with Crippen LogP contribution in [0.25, 0.3) is 33.7 Å². The van der Waals surface area contributed by atoms with Crippen LogP contribution in [-0.2, 0) is 9.84 Å². The summed E-state index contributed by atoms with van der Waals surface area (Å²) in [6.07, 6.45) is 1.66. The van der Waals surface area contributed by atoms with Crippen molar-refractivity contribution in [3.8, 4) is 28.5 Å². The molecule has 0 bridgehead atoms. The molecular weight excluding hydrogens is 502 g/mol. The van der Waals surface area contributed by atoms with Crippen molar-refractivity contribution >= 4 is 36.7 Å². The molecule has 33 heavy (non-hydrogen) atoms. The molecule has 0 aliphatic rings. The molecule has 164 valence electrons. The molecule has 8 heteroatoms. The number of nitrogens with zero attached hydrogens (tertiary/aromatic N) is 2. The first-order valence-corrected chi connectivity index (χ1v) is 12.3. The van der Waals surface area contributed by atoms with Gasteiger partial charge in [-0.3, -0.25) is 0 Å². The van der Waals surface area contributed by atoms with Crippen molar-refractivity contribution in [2.24, 2.45) is 0 Å².